The molecular formula is C54H29N3OS. The van der Waals surface area contributed by atoms with Crippen molar-refractivity contribution < 1.29 is 4.42 Å². The van der Waals surface area contributed by atoms with E-state index in [-0.39, 0.29) is 0 Å². The first-order valence-corrected chi connectivity index (χ1v) is 20.8. The summed E-state index contributed by atoms with van der Waals surface area (Å²) in [6, 6.07) is 63.5. The minimum absolute atomic E-state index is 0.699. The van der Waals surface area contributed by atoms with Gasteiger partial charge in [-0.25, -0.2) is 9.97 Å². The predicted molar refractivity (Wildman–Crippen MR) is 249 cm³/mol. The molecule has 0 atom stereocenters. The van der Waals surface area contributed by atoms with Gasteiger partial charge in [-0.3, -0.25) is 0 Å². The summed E-state index contributed by atoms with van der Waals surface area (Å²) in [7, 11) is 0. The van der Waals surface area contributed by atoms with Crippen LogP contribution in [0, 0.1) is 0 Å². The summed E-state index contributed by atoms with van der Waals surface area (Å²) in [6.45, 7) is 0. The molecule has 0 aliphatic carbocycles. The number of thiophene rings is 1. The molecule has 14 aromatic rings. The second-order valence-electron chi connectivity index (χ2n) is 15.7. The van der Waals surface area contributed by atoms with E-state index < -0.39 is 0 Å². The zero-order valence-electron chi connectivity index (χ0n) is 31.4. The van der Waals surface area contributed by atoms with Gasteiger partial charge in [-0.05, 0) is 86.9 Å². The molecule has 4 aromatic heterocycles. The van der Waals surface area contributed by atoms with Crippen LogP contribution >= 0.6 is 11.3 Å². The van der Waals surface area contributed by atoms with Crippen LogP contribution in [0.25, 0.3) is 135 Å². The first-order valence-electron chi connectivity index (χ1n) is 20.0. The normalized spacial score (nSPS) is 12.4. The molecule has 0 N–H and O–H groups in total. The van der Waals surface area contributed by atoms with E-state index in [4.69, 9.17) is 14.4 Å². The molecule has 0 spiro atoms. The molecule has 0 fully saturated rings. The van der Waals surface area contributed by atoms with Crippen LogP contribution in [0.2, 0.25) is 0 Å². The maximum atomic E-state index is 6.38. The Balaban J connectivity index is 1.08. The van der Waals surface area contributed by atoms with E-state index in [1.165, 1.54) is 74.3 Å². The van der Waals surface area contributed by atoms with Gasteiger partial charge in [-0.2, -0.15) is 0 Å². The first kappa shape index (κ1) is 31.5. The Morgan fingerprint density at radius 3 is 2.08 bits per heavy atom. The Morgan fingerprint density at radius 2 is 1.17 bits per heavy atom. The molecule has 4 heterocycles. The summed E-state index contributed by atoms with van der Waals surface area (Å²) in [5.41, 5.74) is 8.95. The van der Waals surface area contributed by atoms with Gasteiger partial charge in [-0.1, -0.05) is 121 Å². The molecule has 4 nitrogen and oxygen atoms in total. The monoisotopic (exact) mass is 767 g/mol. The van der Waals surface area contributed by atoms with E-state index in [0.717, 1.165) is 55.3 Å². The summed E-state index contributed by atoms with van der Waals surface area (Å²) in [6.07, 6.45) is 0. The van der Waals surface area contributed by atoms with E-state index >= 15 is 0 Å². The molecule has 0 saturated carbocycles. The Labute approximate surface area is 340 Å². The Bertz CT molecular complexity index is 4080. The lowest BCUT2D eigenvalue weighted by atomic mass is 9.92. The molecule has 0 bridgehead atoms. The molecule has 10 aromatic carbocycles. The second kappa shape index (κ2) is 11.5. The van der Waals surface area contributed by atoms with Crippen LogP contribution in [-0.2, 0) is 0 Å². The van der Waals surface area contributed by atoms with E-state index in [1.54, 1.807) is 0 Å². The quantitative estimate of drug-likeness (QED) is 0.168. The molecule has 59 heavy (non-hydrogen) atoms. The van der Waals surface area contributed by atoms with Gasteiger partial charge in [0.05, 0.1) is 22.2 Å². The van der Waals surface area contributed by atoms with E-state index in [2.05, 4.69) is 168 Å². The lowest BCUT2D eigenvalue weighted by molar-refractivity contribution is 0.669. The average molecular weight is 768 g/mol. The van der Waals surface area contributed by atoms with Crippen LogP contribution in [0.5, 0.6) is 0 Å². The largest absolute Gasteiger partial charge is 0.456 e. The van der Waals surface area contributed by atoms with Gasteiger partial charge in [-0.15, -0.1) is 11.3 Å². The van der Waals surface area contributed by atoms with Crippen LogP contribution in [-0.4, -0.2) is 14.5 Å². The highest BCUT2D eigenvalue weighted by Gasteiger charge is 2.22. The van der Waals surface area contributed by atoms with Crippen molar-refractivity contribution in [1.82, 2.24) is 14.5 Å². The maximum Gasteiger partial charge on any atom is 0.161 e. The van der Waals surface area contributed by atoms with Crippen LogP contribution in [0.15, 0.2) is 180 Å². The van der Waals surface area contributed by atoms with Crippen molar-refractivity contribution in [2.45, 2.75) is 0 Å². The van der Waals surface area contributed by atoms with Crippen molar-refractivity contribution in [1.29, 1.82) is 0 Å². The first-order chi connectivity index (χ1) is 29.2. The number of aromatic nitrogens is 3. The molecular weight excluding hydrogens is 739 g/mol. The van der Waals surface area contributed by atoms with Crippen molar-refractivity contribution in [2.75, 3.05) is 0 Å². The number of hydrogen-bond donors (Lipinski definition) is 0. The number of benzene rings is 10. The third-order valence-corrected chi connectivity index (χ3v) is 13.7. The molecule has 0 aliphatic rings. The fraction of sp³-hybridized carbons (Fsp3) is 0. The summed E-state index contributed by atoms with van der Waals surface area (Å²) in [4.78, 5) is 10.9. The Kier molecular flexibility index (Phi) is 6.14. The minimum Gasteiger partial charge on any atom is -0.456 e. The van der Waals surface area contributed by atoms with Gasteiger partial charge in [0.25, 0.3) is 0 Å². The third kappa shape index (κ3) is 4.32. The summed E-state index contributed by atoms with van der Waals surface area (Å²) < 4.78 is 11.3. The lowest BCUT2D eigenvalue weighted by Gasteiger charge is -2.15. The molecule has 272 valence electrons. The maximum absolute atomic E-state index is 6.38. The highest BCUT2D eigenvalue weighted by molar-refractivity contribution is 7.26. The highest BCUT2D eigenvalue weighted by Crippen LogP contribution is 2.46. The van der Waals surface area contributed by atoms with Gasteiger partial charge in [0.1, 0.15) is 11.2 Å². The second-order valence-corrected chi connectivity index (χ2v) is 16.7. The Hall–Kier alpha value is -7.60. The number of hydrogen-bond acceptors (Lipinski definition) is 4. The molecule has 0 unspecified atom stereocenters. The molecule has 0 saturated heterocycles. The zero-order valence-corrected chi connectivity index (χ0v) is 32.2. The Morgan fingerprint density at radius 1 is 0.441 bits per heavy atom. The van der Waals surface area contributed by atoms with E-state index in [9.17, 15) is 0 Å². The fourth-order valence-corrected chi connectivity index (χ4v) is 11.1. The van der Waals surface area contributed by atoms with Crippen LogP contribution < -0.4 is 0 Å². The summed E-state index contributed by atoms with van der Waals surface area (Å²) in [5.74, 6) is 0.699. The summed E-state index contributed by atoms with van der Waals surface area (Å²) in [5, 5.41) is 15.9. The molecule has 0 radical (unpaired) electrons. The van der Waals surface area contributed by atoms with E-state index in [1.807, 2.05) is 23.5 Å². The SMILES string of the molecule is c1cc2ccc3cc4c(c5ccc(c1)c2c35)c1ccccc1n4-c1cc(-c2nc(-c3ccc4c(c3)oc3ccccc34)c3ccccc3n2)c2sc3ccccc3c2c1. The van der Waals surface area contributed by atoms with Gasteiger partial charge in [0.2, 0.25) is 0 Å². The zero-order chi connectivity index (χ0) is 38.3. The van der Waals surface area contributed by atoms with Gasteiger partial charge < -0.3 is 8.98 Å². The topological polar surface area (TPSA) is 43.9 Å². The van der Waals surface area contributed by atoms with Crippen molar-refractivity contribution in [3.8, 4) is 28.3 Å². The van der Waals surface area contributed by atoms with Crippen LogP contribution in [0.1, 0.15) is 0 Å². The van der Waals surface area contributed by atoms with Gasteiger partial charge in [0, 0.05) is 63.9 Å². The van der Waals surface area contributed by atoms with Crippen molar-refractivity contribution >= 4 is 118 Å². The smallest absolute Gasteiger partial charge is 0.161 e. The molecule has 0 amide bonds. The van der Waals surface area contributed by atoms with Crippen LogP contribution in [0.4, 0.5) is 0 Å². The lowest BCUT2D eigenvalue weighted by Crippen LogP contribution is -1.98. The van der Waals surface area contributed by atoms with Crippen molar-refractivity contribution in [3.05, 3.63) is 176 Å². The number of furan rings is 1. The van der Waals surface area contributed by atoms with Gasteiger partial charge in [0.15, 0.2) is 5.82 Å². The average Bonchev–Trinajstić information content (AvgIpc) is 3.96. The third-order valence-electron chi connectivity index (χ3n) is 12.5. The van der Waals surface area contributed by atoms with Crippen LogP contribution in [0.3, 0.4) is 0 Å². The highest BCUT2D eigenvalue weighted by atomic mass is 32.1. The van der Waals surface area contributed by atoms with Crippen molar-refractivity contribution in [2.24, 2.45) is 0 Å². The number of nitrogens with zero attached hydrogens (tertiary/aromatic N) is 3. The van der Waals surface area contributed by atoms with Crippen molar-refractivity contribution in [3.63, 3.8) is 0 Å². The number of fused-ring (bicyclic) bond motifs is 11. The number of rotatable bonds is 3. The molecule has 5 heteroatoms. The summed E-state index contributed by atoms with van der Waals surface area (Å²) >= 11 is 1.81. The predicted octanol–water partition coefficient (Wildman–Crippen LogP) is 15.2. The molecule has 0 aliphatic heterocycles. The van der Waals surface area contributed by atoms with E-state index in [0.29, 0.717) is 5.82 Å². The standard InChI is InChI=1S/C54H29N3OS/c1-5-16-43-38(14-1)52(33-23-24-36-35-12-3-7-18-46(35)58-47(36)27-33)56-54(55-43)42-29-34(28-41-37-13-4-8-19-48(37)59-53(41)42)57-44-17-6-2-15-39(44)51-40-25-22-31-11-9-10-30-20-21-32(26-45(51)57)50(40)49(30)31/h1-29H. The van der Waals surface area contributed by atoms with Gasteiger partial charge >= 0.3 is 0 Å². The number of para-hydroxylation sites is 3. The fourth-order valence-electron chi connectivity index (χ4n) is 9.94. The minimum atomic E-state index is 0.699. The molecule has 14 rings (SSSR count).